The van der Waals surface area contributed by atoms with Crippen molar-refractivity contribution in [1.82, 2.24) is 0 Å². The maximum absolute atomic E-state index is 13.6. The number of hydrogen-bond donors (Lipinski definition) is 0. The molecule has 3 aliphatic carbocycles. The topological polar surface area (TPSA) is 63.7 Å². The van der Waals surface area contributed by atoms with E-state index in [2.05, 4.69) is 24.3 Å². The van der Waals surface area contributed by atoms with Gasteiger partial charge in [0.25, 0.3) is 0 Å². The third-order valence-corrected chi connectivity index (χ3v) is 6.80. The lowest BCUT2D eigenvalue weighted by molar-refractivity contribution is -0.132. The Labute approximate surface area is 179 Å². The molecule has 5 heteroatoms. The number of ether oxygens (including phenoxy) is 1. The van der Waals surface area contributed by atoms with Gasteiger partial charge in [0.05, 0.1) is 17.5 Å². The summed E-state index contributed by atoms with van der Waals surface area (Å²) in [5.74, 6) is -1.41. The van der Waals surface area contributed by atoms with Crippen molar-refractivity contribution in [3.8, 4) is 5.75 Å². The molecule has 0 unspecified atom stereocenters. The first-order chi connectivity index (χ1) is 15.1. The van der Waals surface area contributed by atoms with Crippen LogP contribution in [0.1, 0.15) is 41.0 Å². The van der Waals surface area contributed by atoms with E-state index in [0.717, 1.165) is 22.3 Å². The summed E-state index contributed by atoms with van der Waals surface area (Å²) in [6.07, 6.45) is 0. The Morgan fingerprint density at radius 2 is 1.13 bits per heavy atom. The first-order valence-corrected chi connectivity index (χ1v) is 10.4. The summed E-state index contributed by atoms with van der Waals surface area (Å²) in [5, 5.41) is 0. The Kier molecular flexibility index (Phi) is 3.72. The van der Waals surface area contributed by atoms with Crippen LogP contribution in [-0.4, -0.2) is 17.8 Å². The number of rotatable bonds is 2. The van der Waals surface area contributed by atoms with E-state index in [-0.39, 0.29) is 23.7 Å². The molecule has 7 rings (SSSR count). The zero-order valence-corrected chi connectivity index (χ0v) is 16.8. The van der Waals surface area contributed by atoms with Crippen molar-refractivity contribution in [3.63, 3.8) is 0 Å². The quantitative estimate of drug-likeness (QED) is 0.365. The van der Waals surface area contributed by atoms with Gasteiger partial charge in [0.1, 0.15) is 5.75 Å². The molecule has 1 heterocycles. The maximum Gasteiger partial charge on any atom is 0.308 e. The van der Waals surface area contributed by atoms with Crippen LogP contribution >= 0.6 is 0 Å². The Hall–Kier alpha value is -3.73. The molecule has 152 valence electrons. The highest BCUT2D eigenvalue weighted by molar-refractivity contribution is 6.23. The van der Waals surface area contributed by atoms with Crippen LogP contribution in [0.5, 0.6) is 5.75 Å². The third-order valence-electron chi connectivity index (χ3n) is 6.80. The number of nitrogens with zero attached hydrogens (tertiary/aromatic N) is 1. The van der Waals surface area contributed by atoms with Crippen LogP contribution in [0.25, 0.3) is 0 Å². The van der Waals surface area contributed by atoms with Gasteiger partial charge >= 0.3 is 5.97 Å². The van der Waals surface area contributed by atoms with Crippen molar-refractivity contribution in [1.29, 1.82) is 0 Å². The Balaban J connectivity index is 1.46. The molecular formula is C26H19NO4. The monoisotopic (exact) mass is 409 g/mol. The summed E-state index contributed by atoms with van der Waals surface area (Å²) in [6.45, 7) is 1.33. The van der Waals surface area contributed by atoms with Gasteiger partial charge in [-0.1, -0.05) is 48.5 Å². The van der Waals surface area contributed by atoms with Crippen molar-refractivity contribution >= 4 is 23.5 Å². The molecule has 4 aliphatic rings. The minimum atomic E-state index is -0.417. The number of amides is 2. The second-order valence-electron chi connectivity index (χ2n) is 8.36. The first-order valence-electron chi connectivity index (χ1n) is 10.4. The highest BCUT2D eigenvalue weighted by Gasteiger charge is 2.61. The van der Waals surface area contributed by atoms with Gasteiger partial charge in [-0.25, -0.2) is 4.90 Å². The highest BCUT2D eigenvalue weighted by atomic mass is 16.5. The van der Waals surface area contributed by atoms with E-state index in [0.29, 0.717) is 11.4 Å². The maximum atomic E-state index is 13.6. The number of imide groups is 1. The molecule has 2 amide bonds. The predicted molar refractivity (Wildman–Crippen MR) is 114 cm³/mol. The lowest BCUT2D eigenvalue weighted by Gasteiger charge is -2.45. The molecule has 5 nitrogen and oxygen atoms in total. The van der Waals surface area contributed by atoms with Gasteiger partial charge in [0, 0.05) is 18.8 Å². The summed E-state index contributed by atoms with van der Waals surface area (Å²) >= 11 is 0. The number of esters is 1. The van der Waals surface area contributed by atoms with E-state index in [9.17, 15) is 14.4 Å². The third kappa shape index (κ3) is 2.40. The minimum absolute atomic E-state index is 0.121. The summed E-state index contributed by atoms with van der Waals surface area (Å²) in [4.78, 5) is 39.8. The molecule has 2 atom stereocenters. The fourth-order valence-corrected chi connectivity index (χ4v) is 5.76. The van der Waals surface area contributed by atoms with Gasteiger partial charge in [-0.15, -0.1) is 0 Å². The van der Waals surface area contributed by atoms with E-state index in [1.807, 2.05) is 24.3 Å². The molecule has 31 heavy (non-hydrogen) atoms. The second-order valence-corrected chi connectivity index (χ2v) is 8.36. The molecule has 0 aromatic heterocycles. The Morgan fingerprint density at radius 3 is 1.52 bits per heavy atom. The minimum Gasteiger partial charge on any atom is -0.427 e. The van der Waals surface area contributed by atoms with Crippen LogP contribution in [-0.2, 0) is 14.4 Å². The Morgan fingerprint density at radius 1 is 0.710 bits per heavy atom. The van der Waals surface area contributed by atoms with Gasteiger partial charge in [-0.3, -0.25) is 14.4 Å². The van der Waals surface area contributed by atoms with Crippen LogP contribution < -0.4 is 9.64 Å². The average molecular weight is 409 g/mol. The molecule has 0 spiro atoms. The normalized spacial score (nSPS) is 25.1. The predicted octanol–water partition coefficient (Wildman–Crippen LogP) is 4.01. The number of anilines is 1. The van der Waals surface area contributed by atoms with E-state index in [1.165, 1.54) is 11.8 Å². The van der Waals surface area contributed by atoms with E-state index in [4.69, 9.17) is 4.74 Å². The lowest BCUT2D eigenvalue weighted by Crippen LogP contribution is -2.41. The highest BCUT2D eigenvalue weighted by Crippen LogP contribution is 2.61. The number of carbonyl (C=O) groups is 3. The summed E-state index contributed by atoms with van der Waals surface area (Å²) in [5.41, 5.74) is 5.12. The van der Waals surface area contributed by atoms with E-state index >= 15 is 0 Å². The zero-order valence-electron chi connectivity index (χ0n) is 16.8. The second kappa shape index (κ2) is 6.38. The van der Waals surface area contributed by atoms with Gasteiger partial charge in [-0.05, 0) is 46.5 Å². The van der Waals surface area contributed by atoms with Crippen LogP contribution in [0.4, 0.5) is 5.69 Å². The van der Waals surface area contributed by atoms with Crippen molar-refractivity contribution in [2.75, 3.05) is 4.90 Å². The van der Waals surface area contributed by atoms with Crippen molar-refractivity contribution in [2.45, 2.75) is 18.8 Å². The molecule has 2 bridgehead atoms. The van der Waals surface area contributed by atoms with Gasteiger partial charge in [0.2, 0.25) is 11.8 Å². The largest absolute Gasteiger partial charge is 0.427 e. The average Bonchev–Trinajstić information content (AvgIpc) is 3.05. The van der Waals surface area contributed by atoms with Crippen molar-refractivity contribution < 1.29 is 19.1 Å². The molecule has 3 aromatic carbocycles. The molecule has 1 saturated heterocycles. The van der Waals surface area contributed by atoms with Crippen molar-refractivity contribution in [2.24, 2.45) is 11.8 Å². The molecular weight excluding hydrogens is 390 g/mol. The number of carbonyl (C=O) groups excluding carboxylic acids is 3. The van der Waals surface area contributed by atoms with Crippen LogP contribution in [0, 0.1) is 11.8 Å². The summed E-state index contributed by atoms with van der Waals surface area (Å²) < 4.78 is 5.08. The number of benzene rings is 3. The zero-order chi connectivity index (χ0) is 21.3. The van der Waals surface area contributed by atoms with Crippen LogP contribution in [0.15, 0.2) is 72.8 Å². The molecule has 3 aromatic rings. The standard InChI is InChI=1S/C26H19NO4/c1-14(28)31-16-12-10-15(11-13-16)27-25(29)23-21-17-6-2-3-7-18(17)22(24(23)26(27)30)20-9-5-4-8-19(20)21/h2-13,21-24H,1H3/t21?,22?,23-,24-/m1/s1. The Bertz CT molecular complexity index is 1150. The van der Waals surface area contributed by atoms with Gasteiger partial charge < -0.3 is 4.74 Å². The van der Waals surface area contributed by atoms with Crippen LogP contribution in [0.3, 0.4) is 0 Å². The summed E-state index contributed by atoms with van der Waals surface area (Å²) in [6, 6.07) is 22.9. The van der Waals surface area contributed by atoms with E-state index in [1.54, 1.807) is 24.3 Å². The van der Waals surface area contributed by atoms with Crippen molar-refractivity contribution in [3.05, 3.63) is 95.1 Å². The molecule has 0 radical (unpaired) electrons. The van der Waals surface area contributed by atoms with Crippen LogP contribution in [0.2, 0.25) is 0 Å². The SMILES string of the molecule is CC(=O)Oc1ccc(N2C(=O)[C@@H]3C4c5ccccc5C(c5ccccc54)[C@H]3C2=O)cc1. The fraction of sp³-hybridized carbons (Fsp3) is 0.192. The fourth-order valence-electron chi connectivity index (χ4n) is 5.76. The first kappa shape index (κ1) is 18.1. The molecule has 0 saturated carbocycles. The number of hydrogen-bond acceptors (Lipinski definition) is 4. The smallest absolute Gasteiger partial charge is 0.308 e. The molecule has 1 fully saturated rings. The van der Waals surface area contributed by atoms with E-state index < -0.39 is 17.8 Å². The van der Waals surface area contributed by atoms with Gasteiger partial charge in [0.15, 0.2) is 0 Å². The summed E-state index contributed by atoms with van der Waals surface area (Å²) in [7, 11) is 0. The lowest BCUT2D eigenvalue weighted by atomic mass is 9.55. The molecule has 0 N–H and O–H groups in total. The molecule has 1 aliphatic heterocycles. The van der Waals surface area contributed by atoms with Gasteiger partial charge in [-0.2, -0.15) is 0 Å².